The van der Waals surface area contributed by atoms with Crippen LogP contribution in [0.25, 0.3) is 10.6 Å². The van der Waals surface area contributed by atoms with Crippen LogP contribution in [0.3, 0.4) is 0 Å². The second-order valence-corrected chi connectivity index (χ2v) is 7.99. The molecule has 138 valence electrons. The van der Waals surface area contributed by atoms with Gasteiger partial charge in [-0.25, -0.2) is 14.4 Å². The Morgan fingerprint density at radius 1 is 1.22 bits per heavy atom. The molecule has 3 heterocycles. The van der Waals surface area contributed by atoms with Crippen molar-refractivity contribution in [3.05, 3.63) is 57.9 Å². The van der Waals surface area contributed by atoms with E-state index < -0.39 is 11.7 Å². The van der Waals surface area contributed by atoms with Crippen molar-refractivity contribution in [2.45, 2.75) is 12.8 Å². The Labute approximate surface area is 168 Å². The van der Waals surface area contributed by atoms with Crippen LogP contribution < -0.4 is 10.2 Å². The number of hydrogen-bond acceptors (Lipinski definition) is 5. The zero-order chi connectivity index (χ0) is 18.8. The number of hydrogen-bond donors (Lipinski definition) is 1. The molecule has 1 aliphatic heterocycles. The molecule has 1 aliphatic rings. The molecule has 4 rings (SSSR count). The molecular weight excluding hydrogens is 431 g/mol. The molecule has 1 amide bonds. The van der Waals surface area contributed by atoms with Crippen LogP contribution in [0.15, 0.2) is 46.4 Å². The van der Waals surface area contributed by atoms with Gasteiger partial charge in [0.25, 0.3) is 5.91 Å². The predicted octanol–water partition coefficient (Wildman–Crippen LogP) is 4.96. The SMILES string of the molecule is O=C(Nc1ccc(Br)cc1F)c1csc(-c2ccc(N3CCCC3)nc2)n1. The van der Waals surface area contributed by atoms with Gasteiger partial charge in [-0.3, -0.25) is 4.79 Å². The zero-order valence-electron chi connectivity index (χ0n) is 14.3. The average molecular weight is 447 g/mol. The molecule has 5 nitrogen and oxygen atoms in total. The van der Waals surface area contributed by atoms with Crippen LogP contribution in [0, 0.1) is 5.82 Å². The first-order valence-corrected chi connectivity index (χ1v) is 10.2. The molecule has 0 radical (unpaired) electrons. The third-order valence-corrected chi connectivity index (χ3v) is 5.73. The number of carbonyl (C=O) groups is 1. The summed E-state index contributed by atoms with van der Waals surface area (Å²) in [5.41, 5.74) is 1.23. The lowest BCUT2D eigenvalue weighted by atomic mass is 10.3. The highest BCUT2D eigenvalue weighted by molar-refractivity contribution is 9.10. The molecule has 0 bridgehead atoms. The highest BCUT2D eigenvalue weighted by atomic mass is 79.9. The number of carbonyl (C=O) groups excluding carboxylic acids is 1. The Kier molecular flexibility index (Phi) is 5.18. The molecule has 1 saturated heterocycles. The molecule has 1 fully saturated rings. The number of aromatic nitrogens is 2. The Morgan fingerprint density at radius 2 is 2.04 bits per heavy atom. The molecule has 0 atom stereocenters. The van der Waals surface area contributed by atoms with Crippen LogP contribution in [0.4, 0.5) is 15.9 Å². The van der Waals surface area contributed by atoms with Gasteiger partial charge in [-0.1, -0.05) is 15.9 Å². The van der Waals surface area contributed by atoms with Crippen molar-refractivity contribution in [3.8, 4) is 10.6 Å². The van der Waals surface area contributed by atoms with Gasteiger partial charge in [-0.15, -0.1) is 11.3 Å². The van der Waals surface area contributed by atoms with Gasteiger partial charge in [-0.05, 0) is 43.2 Å². The largest absolute Gasteiger partial charge is 0.357 e. The number of halogens is 2. The summed E-state index contributed by atoms with van der Waals surface area (Å²) in [5.74, 6) is 0.0201. The zero-order valence-corrected chi connectivity index (χ0v) is 16.7. The molecule has 2 aromatic heterocycles. The third-order valence-electron chi connectivity index (χ3n) is 4.34. The number of nitrogens with zero attached hydrogens (tertiary/aromatic N) is 3. The molecule has 1 N–H and O–H groups in total. The number of nitrogens with one attached hydrogen (secondary N) is 1. The predicted molar refractivity (Wildman–Crippen MR) is 109 cm³/mol. The van der Waals surface area contributed by atoms with Crippen molar-refractivity contribution in [3.63, 3.8) is 0 Å². The lowest BCUT2D eigenvalue weighted by Crippen LogP contribution is -2.18. The van der Waals surface area contributed by atoms with Gasteiger partial charge in [-0.2, -0.15) is 0 Å². The van der Waals surface area contributed by atoms with Crippen molar-refractivity contribution in [2.24, 2.45) is 0 Å². The van der Waals surface area contributed by atoms with Gasteiger partial charge in [0.1, 0.15) is 22.3 Å². The van der Waals surface area contributed by atoms with E-state index in [1.165, 1.54) is 36.3 Å². The Bertz CT molecular complexity index is 970. The molecule has 0 saturated carbocycles. The summed E-state index contributed by atoms with van der Waals surface area (Å²) < 4.78 is 14.5. The van der Waals surface area contributed by atoms with Crippen molar-refractivity contribution in [2.75, 3.05) is 23.3 Å². The fraction of sp³-hybridized carbons (Fsp3) is 0.211. The Hall–Kier alpha value is -2.32. The van der Waals surface area contributed by atoms with Crippen molar-refractivity contribution in [1.29, 1.82) is 0 Å². The summed E-state index contributed by atoms with van der Waals surface area (Å²) >= 11 is 4.55. The first-order valence-electron chi connectivity index (χ1n) is 8.53. The van der Waals surface area contributed by atoms with E-state index in [0.717, 1.165) is 24.5 Å². The van der Waals surface area contributed by atoms with Crippen LogP contribution in [-0.4, -0.2) is 29.0 Å². The van der Waals surface area contributed by atoms with E-state index in [9.17, 15) is 9.18 Å². The van der Waals surface area contributed by atoms with Crippen LogP contribution in [0.1, 0.15) is 23.3 Å². The lowest BCUT2D eigenvalue weighted by molar-refractivity contribution is 0.102. The van der Waals surface area contributed by atoms with Gasteiger partial charge < -0.3 is 10.2 Å². The molecule has 1 aromatic carbocycles. The second kappa shape index (κ2) is 7.74. The summed E-state index contributed by atoms with van der Waals surface area (Å²) in [7, 11) is 0. The number of thiazole rings is 1. The maximum atomic E-state index is 13.9. The normalized spacial score (nSPS) is 13.8. The number of rotatable bonds is 4. The maximum Gasteiger partial charge on any atom is 0.275 e. The fourth-order valence-corrected chi connectivity index (χ4v) is 4.06. The summed E-state index contributed by atoms with van der Waals surface area (Å²) in [4.78, 5) is 23.5. The van der Waals surface area contributed by atoms with Gasteiger partial charge in [0.2, 0.25) is 0 Å². The van der Waals surface area contributed by atoms with Gasteiger partial charge in [0.15, 0.2) is 0 Å². The van der Waals surface area contributed by atoms with Crippen molar-refractivity contribution < 1.29 is 9.18 Å². The average Bonchev–Trinajstić information content (AvgIpc) is 3.36. The number of anilines is 2. The molecular formula is C19H16BrFN4OS. The quantitative estimate of drug-likeness (QED) is 0.615. The van der Waals surface area contributed by atoms with Crippen molar-refractivity contribution in [1.82, 2.24) is 9.97 Å². The standard InChI is InChI=1S/C19H16BrFN4OS/c20-13-4-5-15(14(21)9-13)23-18(26)16-11-27-19(24-16)12-3-6-17(22-10-12)25-7-1-2-8-25/h3-6,9-11H,1-2,7-8H2,(H,23,26). The van der Waals surface area contributed by atoms with Crippen LogP contribution in [0.2, 0.25) is 0 Å². The molecule has 0 unspecified atom stereocenters. The highest BCUT2D eigenvalue weighted by Crippen LogP contribution is 2.26. The molecule has 8 heteroatoms. The lowest BCUT2D eigenvalue weighted by Gasteiger charge is -2.15. The molecule has 3 aromatic rings. The van der Waals surface area contributed by atoms with E-state index >= 15 is 0 Å². The van der Waals surface area contributed by atoms with Crippen LogP contribution >= 0.6 is 27.3 Å². The molecule has 27 heavy (non-hydrogen) atoms. The summed E-state index contributed by atoms with van der Waals surface area (Å²) in [6.07, 6.45) is 4.18. The Morgan fingerprint density at radius 3 is 2.74 bits per heavy atom. The van der Waals surface area contributed by atoms with E-state index in [1.54, 1.807) is 17.6 Å². The third kappa shape index (κ3) is 4.01. The number of amides is 1. The second-order valence-electron chi connectivity index (χ2n) is 6.22. The van der Waals surface area contributed by atoms with Gasteiger partial charge in [0.05, 0.1) is 5.69 Å². The van der Waals surface area contributed by atoms with Crippen LogP contribution in [0.5, 0.6) is 0 Å². The van der Waals surface area contributed by atoms with E-state index in [-0.39, 0.29) is 11.4 Å². The smallest absolute Gasteiger partial charge is 0.275 e. The topological polar surface area (TPSA) is 58.1 Å². The van der Waals surface area contributed by atoms with E-state index in [0.29, 0.717) is 9.48 Å². The summed E-state index contributed by atoms with van der Waals surface area (Å²) in [6.45, 7) is 2.08. The van der Waals surface area contributed by atoms with E-state index in [4.69, 9.17) is 0 Å². The Balaban J connectivity index is 1.48. The number of benzene rings is 1. The van der Waals surface area contributed by atoms with E-state index in [2.05, 4.69) is 36.1 Å². The van der Waals surface area contributed by atoms with Gasteiger partial charge in [0, 0.05) is 34.7 Å². The monoisotopic (exact) mass is 446 g/mol. The number of pyridine rings is 1. The minimum atomic E-state index is -0.505. The molecule has 0 spiro atoms. The minimum absolute atomic E-state index is 0.120. The maximum absolute atomic E-state index is 13.9. The minimum Gasteiger partial charge on any atom is -0.357 e. The van der Waals surface area contributed by atoms with Crippen LogP contribution in [-0.2, 0) is 0 Å². The van der Waals surface area contributed by atoms with Crippen molar-refractivity contribution >= 4 is 44.7 Å². The fourth-order valence-electron chi connectivity index (χ4n) is 2.93. The van der Waals surface area contributed by atoms with E-state index in [1.807, 2.05) is 12.1 Å². The highest BCUT2D eigenvalue weighted by Gasteiger charge is 2.16. The summed E-state index contributed by atoms with van der Waals surface area (Å²) in [6, 6.07) is 8.43. The molecule has 0 aliphatic carbocycles. The van der Waals surface area contributed by atoms with Gasteiger partial charge >= 0.3 is 0 Å². The summed E-state index contributed by atoms with van der Waals surface area (Å²) in [5, 5.41) is 4.92. The first kappa shape index (κ1) is 18.1. The first-order chi connectivity index (χ1) is 13.1.